The SMILES string of the molecule is CCNC(=O)NCc1ccccc1-c1ccc(CN2C(=O)[C@H](NC(=O)CC(C)(C)NC[C@H](O)CO)CSc3ccccc32)cc1. The van der Waals surface area contributed by atoms with Gasteiger partial charge < -0.3 is 36.4 Å². The molecule has 2 atom stereocenters. The Bertz CT molecular complexity index is 1470. The van der Waals surface area contributed by atoms with Crippen molar-refractivity contribution in [2.45, 2.75) is 62.9 Å². The molecule has 45 heavy (non-hydrogen) atoms. The van der Waals surface area contributed by atoms with Crippen LogP contribution in [0.1, 0.15) is 38.3 Å². The maximum absolute atomic E-state index is 14.0. The fourth-order valence-electron chi connectivity index (χ4n) is 5.11. The second kappa shape index (κ2) is 15.9. The van der Waals surface area contributed by atoms with E-state index in [4.69, 9.17) is 5.11 Å². The molecule has 240 valence electrons. The Morgan fingerprint density at radius 2 is 1.73 bits per heavy atom. The summed E-state index contributed by atoms with van der Waals surface area (Å²) < 4.78 is 0. The molecule has 4 rings (SSSR count). The molecule has 1 heterocycles. The maximum Gasteiger partial charge on any atom is 0.315 e. The van der Waals surface area contributed by atoms with Crippen molar-refractivity contribution in [1.82, 2.24) is 21.3 Å². The average Bonchev–Trinajstić information content (AvgIpc) is 3.15. The van der Waals surface area contributed by atoms with E-state index in [1.807, 2.05) is 93.6 Å². The van der Waals surface area contributed by atoms with E-state index in [-0.39, 0.29) is 37.4 Å². The lowest BCUT2D eigenvalue weighted by molar-refractivity contribution is -0.128. The van der Waals surface area contributed by atoms with Crippen molar-refractivity contribution in [1.29, 1.82) is 0 Å². The third kappa shape index (κ3) is 9.54. The van der Waals surface area contributed by atoms with Crippen molar-refractivity contribution in [2.75, 3.05) is 30.3 Å². The standard InChI is InChI=1S/C34H43N5O5S/c1-4-35-33(44)36-18-25-9-5-6-10-27(25)24-15-13-23(14-16-24)20-39-29-11-7-8-12-30(29)45-22-28(32(39)43)38-31(42)17-34(2,3)37-19-26(41)21-40/h5-16,26,28,37,40-41H,4,17-22H2,1-3H3,(H,38,42)(H2,35,36,44)/t26-,28+/m0/s1. The Labute approximate surface area is 269 Å². The Morgan fingerprint density at radius 3 is 2.47 bits per heavy atom. The number of carbonyl (C=O) groups is 3. The van der Waals surface area contributed by atoms with E-state index < -0.39 is 17.7 Å². The lowest BCUT2D eigenvalue weighted by atomic mass is 9.98. The Kier molecular flexibility index (Phi) is 12.0. The highest BCUT2D eigenvalue weighted by Gasteiger charge is 2.33. The van der Waals surface area contributed by atoms with Gasteiger partial charge >= 0.3 is 6.03 Å². The van der Waals surface area contributed by atoms with Crippen LogP contribution in [0, 0.1) is 0 Å². The highest BCUT2D eigenvalue weighted by molar-refractivity contribution is 7.99. The molecule has 0 radical (unpaired) electrons. The molecule has 4 amide bonds. The molecule has 0 aliphatic carbocycles. The van der Waals surface area contributed by atoms with Crippen LogP contribution < -0.4 is 26.2 Å². The molecular formula is C34H43N5O5S. The van der Waals surface area contributed by atoms with E-state index in [1.165, 1.54) is 11.8 Å². The first-order valence-corrected chi connectivity index (χ1v) is 16.1. The number of rotatable bonds is 13. The molecule has 0 fully saturated rings. The van der Waals surface area contributed by atoms with Gasteiger partial charge in [-0.1, -0.05) is 60.7 Å². The molecule has 10 nitrogen and oxygen atoms in total. The first-order chi connectivity index (χ1) is 21.6. The topological polar surface area (TPSA) is 143 Å². The minimum Gasteiger partial charge on any atom is -0.394 e. The first kappa shape index (κ1) is 34.0. The number of β-amino-alcohol motifs (C(OH)–C–C–N with tert-alkyl or cyclic N) is 1. The molecule has 1 aliphatic heterocycles. The maximum atomic E-state index is 14.0. The van der Waals surface area contributed by atoms with Gasteiger partial charge in [0.1, 0.15) is 6.04 Å². The van der Waals surface area contributed by atoms with Crippen LogP contribution in [-0.2, 0) is 22.7 Å². The van der Waals surface area contributed by atoms with Gasteiger partial charge in [0.15, 0.2) is 0 Å². The lowest BCUT2D eigenvalue weighted by Crippen LogP contribution is -2.52. The van der Waals surface area contributed by atoms with Crippen molar-refractivity contribution in [2.24, 2.45) is 0 Å². The van der Waals surface area contributed by atoms with Gasteiger partial charge in [-0.25, -0.2) is 4.79 Å². The number of benzene rings is 3. The van der Waals surface area contributed by atoms with Crippen molar-refractivity contribution < 1.29 is 24.6 Å². The number of aliphatic hydroxyl groups is 2. The van der Waals surface area contributed by atoms with Crippen LogP contribution in [0.2, 0.25) is 0 Å². The number of nitrogens with one attached hydrogen (secondary N) is 4. The molecule has 0 saturated heterocycles. The zero-order chi connectivity index (χ0) is 32.4. The lowest BCUT2D eigenvalue weighted by Gasteiger charge is -2.29. The number of carbonyl (C=O) groups excluding carboxylic acids is 3. The zero-order valence-electron chi connectivity index (χ0n) is 26.0. The summed E-state index contributed by atoms with van der Waals surface area (Å²) in [6, 6.07) is 22.8. The van der Waals surface area contributed by atoms with E-state index in [1.54, 1.807) is 4.90 Å². The van der Waals surface area contributed by atoms with Crippen molar-refractivity contribution in [3.05, 3.63) is 83.9 Å². The molecular weight excluding hydrogens is 590 g/mol. The number of amides is 4. The van der Waals surface area contributed by atoms with Gasteiger partial charge in [-0.15, -0.1) is 11.8 Å². The van der Waals surface area contributed by atoms with Gasteiger partial charge in [0, 0.05) is 42.2 Å². The van der Waals surface area contributed by atoms with Crippen molar-refractivity contribution >= 4 is 35.3 Å². The Morgan fingerprint density at radius 1 is 1.02 bits per heavy atom. The van der Waals surface area contributed by atoms with E-state index in [0.717, 1.165) is 32.8 Å². The van der Waals surface area contributed by atoms with Gasteiger partial charge in [0.25, 0.3) is 5.91 Å². The number of urea groups is 1. The number of nitrogens with zero attached hydrogens (tertiary/aromatic N) is 1. The summed E-state index contributed by atoms with van der Waals surface area (Å²) in [5.41, 5.74) is 4.09. The van der Waals surface area contributed by atoms with E-state index in [2.05, 4.69) is 21.3 Å². The summed E-state index contributed by atoms with van der Waals surface area (Å²) in [5.74, 6) is -0.0662. The van der Waals surface area contributed by atoms with Crippen LogP contribution >= 0.6 is 11.8 Å². The number of hydrogen-bond acceptors (Lipinski definition) is 7. The number of fused-ring (bicyclic) bond motifs is 1. The highest BCUT2D eigenvalue weighted by atomic mass is 32.2. The van der Waals surface area contributed by atoms with Crippen LogP contribution in [0.5, 0.6) is 0 Å². The Hall–Kier alpha value is -3.90. The minimum atomic E-state index is -0.918. The molecule has 0 saturated carbocycles. The number of thioether (sulfide) groups is 1. The largest absolute Gasteiger partial charge is 0.394 e. The summed E-state index contributed by atoms with van der Waals surface area (Å²) in [6.45, 7) is 6.60. The van der Waals surface area contributed by atoms with E-state index in [9.17, 15) is 19.5 Å². The zero-order valence-corrected chi connectivity index (χ0v) is 26.8. The summed E-state index contributed by atoms with van der Waals surface area (Å²) >= 11 is 1.54. The summed E-state index contributed by atoms with van der Waals surface area (Å²) in [4.78, 5) is 41.7. The van der Waals surface area contributed by atoms with Crippen LogP contribution in [0.15, 0.2) is 77.7 Å². The van der Waals surface area contributed by atoms with Crippen LogP contribution in [0.25, 0.3) is 11.1 Å². The molecule has 0 aromatic heterocycles. The molecule has 3 aromatic rings. The van der Waals surface area contributed by atoms with Gasteiger partial charge in [0.05, 0.1) is 24.9 Å². The van der Waals surface area contributed by atoms with E-state index in [0.29, 0.717) is 25.4 Å². The second-order valence-corrected chi connectivity index (χ2v) is 12.7. The molecule has 11 heteroatoms. The number of para-hydroxylation sites is 1. The molecule has 0 bridgehead atoms. The van der Waals surface area contributed by atoms with Gasteiger partial charge in [-0.3, -0.25) is 9.59 Å². The molecule has 0 unspecified atom stereocenters. The quantitative estimate of drug-likeness (QED) is 0.169. The van der Waals surface area contributed by atoms with Crippen LogP contribution in [0.3, 0.4) is 0 Å². The van der Waals surface area contributed by atoms with Crippen LogP contribution in [0.4, 0.5) is 10.5 Å². The van der Waals surface area contributed by atoms with Gasteiger partial charge in [-0.05, 0) is 55.2 Å². The van der Waals surface area contributed by atoms with Crippen LogP contribution in [-0.4, -0.2) is 71.2 Å². The number of aliphatic hydroxyl groups excluding tert-OH is 2. The summed E-state index contributed by atoms with van der Waals surface area (Å²) in [7, 11) is 0. The molecule has 6 N–H and O–H groups in total. The second-order valence-electron chi connectivity index (χ2n) is 11.7. The third-order valence-electron chi connectivity index (χ3n) is 7.49. The van der Waals surface area contributed by atoms with Gasteiger partial charge in [-0.2, -0.15) is 0 Å². The van der Waals surface area contributed by atoms with E-state index >= 15 is 0 Å². The summed E-state index contributed by atoms with van der Waals surface area (Å²) in [5, 5.41) is 30.4. The smallest absolute Gasteiger partial charge is 0.315 e. The predicted octanol–water partition coefficient (Wildman–Crippen LogP) is 3.41. The predicted molar refractivity (Wildman–Crippen MR) is 178 cm³/mol. The molecule has 3 aromatic carbocycles. The fraction of sp³-hybridized carbons (Fsp3) is 0.382. The van der Waals surface area contributed by atoms with Crippen molar-refractivity contribution in [3.63, 3.8) is 0 Å². The Balaban J connectivity index is 1.49. The number of hydrogen-bond donors (Lipinski definition) is 6. The number of anilines is 1. The average molecular weight is 634 g/mol. The third-order valence-corrected chi connectivity index (χ3v) is 8.65. The minimum absolute atomic E-state index is 0.0915. The monoisotopic (exact) mass is 633 g/mol. The molecule has 0 spiro atoms. The van der Waals surface area contributed by atoms with Crippen molar-refractivity contribution in [3.8, 4) is 11.1 Å². The summed E-state index contributed by atoms with van der Waals surface area (Å²) in [6.07, 6.45) is -0.826. The highest BCUT2D eigenvalue weighted by Crippen LogP contribution is 2.35. The first-order valence-electron chi connectivity index (χ1n) is 15.2. The fourth-order valence-corrected chi connectivity index (χ4v) is 6.19. The normalized spacial score (nSPS) is 15.5. The molecule has 1 aliphatic rings. The van der Waals surface area contributed by atoms with Gasteiger partial charge in [0.2, 0.25) is 5.91 Å².